The number of aliphatic imine (C=N–C) groups is 1. The van der Waals surface area contributed by atoms with Gasteiger partial charge in [-0.2, -0.15) is 0 Å². The molecule has 2 rings (SSSR count). The molecule has 22 heavy (non-hydrogen) atoms. The van der Waals surface area contributed by atoms with E-state index in [2.05, 4.69) is 16.8 Å². The van der Waals surface area contributed by atoms with E-state index in [1.807, 2.05) is 24.3 Å². The number of nitrogens with zero attached hydrogens (tertiary/aromatic N) is 2. The molecule has 0 radical (unpaired) electrons. The van der Waals surface area contributed by atoms with Crippen LogP contribution in [0.1, 0.15) is 26.2 Å². The van der Waals surface area contributed by atoms with Crippen molar-refractivity contribution in [2.45, 2.75) is 26.2 Å². The predicted molar refractivity (Wildman–Crippen MR) is 89.6 cm³/mol. The highest BCUT2D eigenvalue weighted by Gasteiger charge is 2.17. The molecule has 0 aromatic heterocycles. The van der Waals surface area contributed by atoms with Crippen LogP contribution in [0.2, 0.25) is 0 Å². The van der Waals surface area contributed by atoms with Crippen molar-refractivity contribution in [2.24, 2.45) is 16.6 Å². The Morgan fingerprint density at radius 3 is 3.00 bits per heavy atom. The summed E-state index contributed by atoms with van der Waals surface area (Å²) in [6.45, 7) is 5.64. The van der Waals surface area contributed by atoms with Gasteiger partial charge in [0.2, 0.25) is 0 Å². The van der Waals surface area contributed by atoms with Crippen molar-refractivity contribution in [3.63, 3.8) is 0 Å². The number of likely N-dealkylation sites (tertiary alicyclic amines) is 1. The second kappa shape index (κ2) is 8.51. The van der Waals surface area contributed by atoms with Gasteiger partial charge in [0.15, 0.2) is 5.96 Å². The largest absolute Gasteiger partial charge is 0.497 e. The Morgan fingerprint density at radius 1 is 1.41 bits per heavy atom. The Labute approximate surface area is 133 Å². The van der Waals surface area contributed by atoms with Crippen molar-refractivity contribution in [3.05, 3.63) is 24.3 Å². The minimum atomic E-state index is 0.625. The fourth-order valence-electron chi connectivity index (χ4n) is 2.64. The minimum absolute atomic E-state index is 0.625. The summed E-state index contributed by atoms with van der Waals surface area (Å²) in [6, 6.07) is 7.63. The van der Waals surface area contributed by atoms with Crippen molar-refractivity contribution < 1.29 is 9.47 Å². The summed E-state index contributed by atoms with van der Waals surface area (Å²) >= 11 is 0. The van der Waals surface area contributed by atoms with Crippen LogP contribution in [0.3, 0.4) is 0 Å². The SMILES string of the molecule is COc1cccc(OCCCN=C(N)N2CCCC(C)C2)c1. The molecule has 1 aromatic carbocycles. The number of hydrogen-bond donors (Lipinski definition) is 1. The standard InChI is InChI=1S/C17H27N3O2/c1-14-6-4-10-20(13-14)17(18)19-9-5-11-22-16-8-3-7-15(12-16)21-2/h3,7-8,12,14H,4-6,9-11,13H2,1-2H3,(H2,18,19). The lowest BCUT2D eigenvalue weighted by molar-refractivity contribution is 0.269. The summed E-state index contributed by atoms with van der Waals surface area (Å²) in [5.74, 6) is 3.01. The van der Waals surface area contributed by atoms with Crippen LogP contribution in [0, 0.1) is 5.92 Å². The van der Waals surface area contributed by atoms with Crippen molar-refractivity contribution in [1.82, 2.24) is 4.90 Å². The highest BCUT2D eigenvalue weighted by Crippen LogP contribution is 2.19. The number of piperidine rings is 1. The quantitative estimate of drug-likeness (QED) is 0.498. The summed E-state index contributed by atoms with van der Waals surface area (Å²) in [5.41, 5.74) is 6.06. The van der Waals surface area contributed by atoms with Gasteiger partial charge in [0.25, 0.3) is 0 Å². The predicted octanol–water partition coefficient (Wildman–Crippen LogP) is 2.51. The third kappa shape index (κ3) is 5.13. The Kier molecular flexibility index (Phi) is 6.37. The Morgan fingerprint density at radius 2 is 2.23 bits per heavy atom. The van der Waals surface area contributed by atoms with Crippen LogP contribution in [-0.4, -0.2) is 44.2 Å². The van der Waals surface area contributed by atoms with Gasteiger partial charge < -0.3 is 20.1 Å². The summed E-state index contributed by atoms with van der Waals surface area (Å²) in [5, 5.41) is 0. The topological polar surface area (TPSA) is 60.1 Å². The molecular formula is C17H27N3O2. The fraction of sp³-hybridized carbons (Fsp3) is 0.588. The summed E-state index contributed by atoms with van der Waals surface area (Å²) in [7, 11) is 1.65. The van der Waals surface area contributed by atoms with Crippen molar-refractivity contribution in [2.75, 3.05) is 33.4 Å². The first-order valence-electron chi connectivity index (χ1n) is 8.00. The molecule has 122 valence electrons. The lowest BCUT2D eigenvalue weighted by atomic mass is 10.0. The molecule has 0 amide bonds. The molecule has 5 nitrogen and oxygen atoms in total. The van der Waals surface area contributed by atoms with Gasteiger partial charge in [-0.3, -0.25) is 4.99 Å². The van der Waals surface area contributed by atoms with E-state index in [1.165, 1.54) is 12.8 Å². The lowest BCUT2D eigenvalue weighted by Crippen LogP contribution is -2.43. The molecule has 1 fully saturated rings. The normalized spacial score (nSPS) is 19.1. The van der Waals surface area contributed by atoms with Gasteiger partial charge in [-0.05, 0) is 30.9 Å². The second-order valence-electron chi connectivity index (χ2n) is 5.81. The summed E-state index contributed by atoms with van der Waals surface area (Å²) in [4.78, 5) is 6.65. The lowest BCUT2D eigenvalue weighted by Gasteiger charge is -2.31. The van der Waals surface area contributed by atoms with Crippen LogP contribution in [0.4, 0.5) is 0 Å². The molecule has 0 bridgehead atoms. The molecule has 0 saturated carbocycles. The molecule has 1 aliphatic heterocycles. The van der Waals surface area contributed by atoms with Gasteiger partial charge in [-0.25, -0.2) is 0 Å². The van der Waals surface area contributed by atoms with Gasteiger partial charge in [0, 0.05) is 32.1 Å². The maximum Gasteiger partial charge on any atom is 0.191 e. The maximum absolute atomic E-state index is 6.06. The number of methoxy groups -OCH3 is 1. The molecule has 0 spiro atoms. The first-order valence-corrected chi connectivity index (χ1v) is 8.00. The maximum atomic E-state index is 6.06. The van der Waals surface area contributed by atoms with Crippen LogP contribution in [0.15, 0.2) is 29.3 Å². The van der Waals surface area contributed by atoms with E-state index in [-0.39, 0.29) is 0 Å². The van der Waals surface area contributed by atoms with E-state index >= 15 is 0 Å². The van der Waals surface area contributed by atoms with Crippen LogP contribution in [0.5, 0.6) is 11.5 Å². The van der Waals surface area contributed by atoms with Crippen LogP contribution >= 0.6 is 0 Å². The smallest absolute Gasteiger partial charge is 0.191 e. The van der Waals surface area contributed by atoms with Gasteiger partial charge in [-0.15, -0.1) is 0 Å². The van der Waals surface area contributed by atoms with E-state index in [4.69, 9.17) is 15.2 Å². The molecule has 1 saturated heterocycles. The second-order valence-corrected chi connectivity index (χ2v) is 5.81. The van der Waals surface area contributed by atoms with E-state index < -0.39 is 0 Å². The summed E-state index contributed by atoms with van der Waals surface area (Å²) < 4.78 is 10.9. The molecule has 1 heterocycles. The molecule has 1 atom stereocenters. The van der Waals surface area contributed by atoms with Gasteiger partial charge in [0.05, 0.1) is 13.7 Å². The molecule has 0 aliphatic carbocycles. The van der Waals surface area contributed by atoms with Crippen molar-refractivity contribution in [3.8, 4) is 11.5 Å². The Bertz CT molecular complexity index is 491. The zero-order valence-electron chi connectivity index (χ0n) is 13.6. The number of benzene rings is 1. The van der Waals surface area contributed by atoms with E-state index in [0.29, 0.717) is 25.0 Å². The first kappa shape index (κ1) is 16.5. The molecular weight excluding hydrogens is 278 g/mol. The molecule has 1 aliphatic rings. The molecule has 5 heteroatoms. The van der Waals surface area contributed by atoms with E-state index in [0.717, 1.165) is 31.0 Å². The van der Waals surface area contributed by atoms with Crippen LogP contribution in [-0.2, 0) is 0 Å². The first-order chi connectivity index (χ1) is 10.7. The average molecular weight is 305 g/mol. The van der Waals surface area contributed by atoms with Gasteiger partial charge in [0.1, 0.15) is 11.5 Å². The van der Waals surface area contributed by atoms with Crippen molar-refractivity contribution in [1.29, 1.82) is 0 Å². The monoisotopic (exact) mass is 305 g/mol. The average Bonchev–Trinajstić information content (AvgIpc) is 2.54. The molecule has 2 N–H and O–H groups in total. The zero-order valence-corrected chi connectivity index (χ0v) is 13.6. The highest BCUT2D eigenvalue weighted by atomic mass is 16.5. The number of rotatable bonds is 6. The Hall–Kier alpha value is -1.91. The number of hydrogen-bond acceptors (Lipinski definition) is 3. The third-order valence-electron chi connectivity index (χ3n) is 3.87. The summed E-state index contributed by atoms with van der Waals surface area (Å²) in [6.07, 6.45) is 3.34. The van der Waals surface area contributed by atoms with Crippen molar-refractivity contribution >= 4 is 5.96 Å². The van der Waals surface area contributed by atoms with E-state index in [1.54, 1.807) is 7.11 Å². The van der Waals surface area contributed by atoms with E-state index in [9.17, 15) is 0 Å². The third-order valence-corrected chi connectivity index (χ3v) is 3.87. The molecule has 1 aromatic rings. The molecule has 1 unspecified atom stereocenters. The fourth-order valence-corrected chi connectivity index (χ4v) is 2.64. The van der Waals surface area contributed by atoms with Crippen LogP contribution < -0.4 is 15.2 Å². The van der Waals surface area contributed by atoms with Gasteiger partial charge >= 0.3 is 0 Å². The zero-order chi connectivity index (χ0) is 15.8. The highest BCUT2D eigenvalue weighted by molar-refractivity contribution is 5.78. The minimum Gasteiger partial charge on any atom is -0.497 e. The van der Waals surface area contributed by atoms with Crippen LogP contribution in [0.25, 0.3) is 0 Å². The number of guanidine groups is 1. The Balaban J connectivity index is 1.68. The number of ether oxygens (including phenoxy) is 2. The van der Waals surface area contributed by atoms with Gasteiger partial charge in [-0.1, -0.05) is 13.0 Å². The number of nitrogens with two attached hydrogens (primary N) is 1.